The zero-order valence-electron chi connectivity index (χ0n) is 48.4. The summed E-state index contributed by atoms with van der Waals surface area (Å²) in [6.45, 7) is 3.88. The Morgan fingerprint density at radius 2 is 0.767 bits per heavy atom. The molecule has 0 aromatic carbocycles. The van der Waals surface area contributed by atoms with Crippen molar-refractivity contribution in [1.82, 2.24) is 5.32 Å². The number of aliphatic hydroxyl groups is 5. The first kappa shape index (κ1) is 69.9. The van der Waals surface area contributed by atoms with Crippen molar-refractivity contribution in [2.24, 2.45) is 0 Å². The Morgan fingerprint density at radius 3 is 1.11 bits per heavy atom. The number of allylic oxidation sites excluding steroid dienone is 2. The molecule has 0 aromatic rings. The van der Waals surface area contributed by atoms with Crippen LogP contribution in [-0.4, -0.2) is 87.5 Å². The summed E-state index contributed by atoms with van der Waals surface area (Å²) in [5.74, 6) is -0.140. The molecule has 9 nitrogen and oxygen atoms in total. The summed E-state index contributed by atoms with van der Waals surface area (Å²) in [7, 11) is 0. The van der Waals surface area contributed by atoms with E-state index < -0.39 is 49.5 Å². The highest BCUT2D eigenvalue weighted by molar-refractivity contribution is 5.76. The molecule has 1 heterocycles. The topological polar surface area (TPSA) is 149 Å². The first-order valence-corrected chi connectivity index (χ1v) is 32.4. The number of hydrogen-bond acceptors (Lipinski definition) is 8. The van der Waals surface area contributed by atoms with Crippen molar-refractivity contribution < 1.29 is 39.8 Å². The van der Waals surface area contributed by atoms with Gasteiger partial charge >= 0.3 is 0 Å². The van der Waals surface area contributed by atoms with Crippen LogP contribution in [0.15, 0.2) is 12.2 Å². The van der Waals surface area contributed by atoms with Crippen LogP contribution in [-0.2, 0) is 14.3 Å². The lowest BCUT2D eigenvalue weighted by Gasteiger charge is -2.40. The molecule has 1 aliphatic heterocycles. The summed E-state index contributed by atoms with van der Waals surface area (Å²) in [4.78, 5) is 13.1. The van der Waals surface area contributed by atoms with Gasteiger partial charge in [-0.2, -0.15) is 0 Å². The van der Waals surface area contributed by atoms with Crippen LogP contribution >= 0.6 is 0 Å². The molecular weight excluding hydrogens is 911 g/mol. The van der Waals surface area contributed by atoms with E-state index in [1.165, 1.54) is 270 Å². The van der Waals surface area contributed by atoms with Gasteiger partial charge in [0, 0.05) is 6.42 Å². The van der Waals surface area contributed by atoms with E-state index >= 15 is 0 Å². The van der Waals surface area contributed by atoms with Crippen molar-refractivity contribution in [3.63, 3.8) is 0 Å². The van der Waals surface area contributed by atoms with Crippen molar-refractivity contribution in [1.29, 1.82) is 0 Å². The van der Waals surface area contributed by atoms with Gasteiger partial charge in [-0.15, -0.1) is 0 Å². The summed E-state index contributed by atoms with van der Waals surface area (Å²) in [6.07, 6.45) is 61.2. The fourth-order valence-electron chi connectivity index (χ4n) is 10.7. The average Bonchev–Trinajstić information content (AvgIpc) is 3.39. The Labute approximate surface area is 452 Å². The second-order valence-electron chi connectivity index (χ2n) is 22.9. The molecule has 9 heteroatoms. The molecule has 0 aliphatic carbocycles. The van der Waals surface area contributed by atoms with Crippen LogP contribution in [0, 0.1) is 0 Å². The van der Waals surface area contributed by atoms with E-state index in [1.807, 2.05) is 0 Å². The van der Waals surface area contributed by atoms with Crippen LogP contribution in [0.2, 0.25) is 0 Å². The maximum atomic E-state index is 13.1. The Hall–Kier alpha value is -1.07. The quantitative estimate of drug-likeness (QED) is 0.0261. The molecule has 434 valence electrons. The number of ether oxygens (including phenoxy) is 2. The lowest BCUT2D eigenvalue weighted by Crippen LogP contribution is -2.60. The maximum Gasteiger partial charge on any atom is 0.220 e. The normalized spacial score (nSPS) is 19.0. The van der Waals surface area contributed by atoms with Crippen LogP contribution in [0.1, 0.15) is 335 Å². The summed E-state index contributed by atoms with van der Waals surface area (Å²) in [5, 5.41) is 54.8. The SMILES string of the molecule is CCCCCCCC/C=C\CCCCCCCCCCCC(=O)NC(COC1OC(CO)C(O)C(O)C1O)C(O)CCCCCCCCCCCCCCCCCCCCCCCCCCCCCCCCC. The third kappa shape index (κ3) is 43.6. The largest absolute Gasteiger partial charge is 0.394 e. The van der Waals surface area contributed by atoms with Crippen molar-refractivity contribution in [3.05, 3.63) is 12.2 Å². The molecule has 6 N–H and O–H groups in total. The number of aliphatic hydroxyl groups excluding tert-OH is 5. The number of hydrogen-bond donors (Lipinski definition) is 6. The number of unbranched alkanes of at least 4 members (excludes halogenated alkanes) is 45. The molecular formula is C64H125NO8. The van der Waals surface area contributed by atoms with E-state index in [9.17, 15) is 30.3 Å². The van der Waals surface area contributed by atoms with E-state index in [-0.39, 0.29) is 12.5 Å². The minimum atomic E-state index is -1.55. The predicted molar refractivity (Wildman–Crippen MR) is 309 cm³/mol. The third-order valence-corrected chi connectivity index (χ3v) is 15.9. The number of amides is 1. The Bertz CT molecular complexity index is 1150. The second kappa shape index (κ2) is 54.3. The smallest absolute Gasteiger partial charge is 0.220 e. The average molecular weight is 1040 g/mol. The zero-order chi connectivity index (χ0) is 52.9. The van der Waals surface area contributed by atoms with E-state index in [4.69, 9.17) is 9.47 Å². The maximum absolute atomic E-state index is 13.1. The highest BCUT2D eigenvalue weighted by Gasteiger charge is 2.44. The van der Waals surface area contributed by atoms with Crippen LogP contribution in [0.4, 0.5) is 0 Å². The zero-order valence-corrected chi connectivity index (χ0v) is 48.4. The van der Waals surface area contributed by atoms with Gasteiger partial charge in [0.05, 0.1) is 25.4 Å². The van der Waals surface area contributed by atoms with Crippen molar-refractivity contribution in [2.45, 2.75) is 378 Å². The Balaban J connectivity index is 2.12. The number of nitrogens with one attached hydrogen (secondary N) is 1. The molecule has 7 unspecified atom stereocenters. The molecule has 73 heavy (non-hydrogen) atoms. The van der Waals surface area contributed by atoms with Gasteiger partial charge < -0.3 is 40.3 Å². The van der Waals surface area contributed by atoms with E-state index in [0.717, 1.165) is 38.5 Å². The molecule has 7 atom stereocenters. The van der Waals surface area contributed by atoms with Gasteiger partial charge in [0.1, 0.15) is 24.4 Å². The van der Waals surface area contributed by atoms with Gasteiger partial charge in [0.15, 0.2) is 6.29 Å². The van der Waals surface area contributed by atoms with Crippen LogP contribution in [0.25, 0.3) is 0 Å². The van der Waals surface area contributed by atoms with Gasteiger partial charge in [0.25, 0.3) is 0 Å². The fraction of sp³-hybridized carbons (Fsp3) is 0.953. The second-order valence-corrected chi connectivity index (χ2v) is 22.9. The van der Waals surface area contributed by atoms with E-state index in [0.29, 0.717) is 12.8 Å². The summed E-state index contributed by atoms with van der Waals surface area (Å²) in [6, 6.07) is -0.718. The van der Waals surface area contributed by atoms with Crippen molar-refractivity contribution in [2.75, 3.05) is 13.2 Å². The van der Waals surface area contributed by atoms with Gasteiger partial charge in [-0.05, 0) is 38.5 Å². The third-order valence-electron chi connectivity index (χ3n) is 15.9. The van der Waals surface area contributed by atoms with Gasteiger partial charge in [-0.1, -0.05) is 302 Å². The standard InChI is InChI=1S/C64H125NO8/c1-3-5-7-9-11-13-15-17-19-21-23-24-25-26-27-28-29-30-31-32-33-34-36-37-39-41-43-45-47-49-51-53-58(67)57(56-72-64-63(71)62(70)61(69)59(55-66)73-64)65-60(68)54-52-50-48-46-44-42-40-38-35-22-20-18-16-14-12-10-8-6-4-2/h18,20,57-59,61-64,66-67,69-71H,3-17,19,21-56H2,1-2H3,(H,65,68)/b20-18-. The van der Waals surface area contributed by atoms with E-state index in [1.54, 1.807) is 0 Å². The molecule has 1 rings (SSSR count). The summed E-state index contributed by atoms with van der Waals surface area (Å²) >= 11 is 0. The predicted octanol–water partition coefficient (Wildman–Crippen LogP) is 16.7. The molecule has 0 radical (unpaired) electrons. The highest BCUT2D eigenvalue weighted by Crippen LogP contribution is 2.24. The molecule has 1 amide bonds. The monoisotopic (exact) mass is 1040 g/mol. The van der Waals surface area contributed by atoms with Crippen LogP contribution in [0.5, 0.6) is 0 Å². The highest BCUT2D eigenvalue weighted by atomic mass is 16.7. The lowest BCUT2D eigenvalue weighted by atomic mass is 9.99. The molecule has 0 bridgehead atoms. The van der Waals surface area contributed by atoms with Gasteiger partial charge in [-0.3, -0.25) is 4.79 Å². The van der Waals surface area contributed by atoms with Crippen LogP contribution < -0.4 is 5.32 Å². The molecule has 1 aliphatic rings. The minimum Gasteiger partial charge on any atom is -0.394 e. The van der Waals surface area contributed by atoms with Crippen molar-refractivity contribution >= 4 is 5.91 Å². The molecule has 1 saturated heterocycles. The summed E-state index contributed by atoms with van der Waals surface area (Å²) in [5.41, 5.74) is 0. The van der Waals surface area contributed by atoms with Gasteiger partial charge in [0.2, 0.25) is 5.91 Å². The minimum absolute atomic E-state index is 0.134. The van der Waals surface area contributed by atoms with Crippen LogP contribution in [0.3, 0.4) is 0 Å². The number of carbonyl (C=O) groups excluding carboxylic acids is 1. The van der Waals surface area contributed by atoms with Gasteiger partial charge in [-0.25, -0.2) is 0 Å². The number of carbonyl (C=O) groups is 1. The van der Waals surface area contributed by atoms with Crippen molar-refractivity contribution in [3.8, 4) is 0 Å². The molecule has 0 aromatic heterocycles. The Kier molecular flexibility index (Phi) is 52.0. The lowest BCUT2D eigenvalue weighted by molar-refractivity contribution is -0.302. The molecule has 1 fully saturated rings. The number of rotatable bonds is 57. The first-order valence-electron chi connectivity index (χ1n) is 32.4. The van der Waals surface area contributed by atoms with E-state index in [2.05, 4.69) is 31.3 Å². The molecule has 0 spiro atoms. The Morgan fingerprint density at radius 1 is 0.452 bits per heavy atom. The fourth-order valence-corrected chi connectivity index (χ4v) is 10.7. The molecule has 0 saturated carbocycles. The summed E-state index contributed by atoms with van der Waals surface area (Å²) < 4.78 is 11.3. The first-order chi connectivity index (χ1) is 35.8.